The number of halogens is 1. The molecule has 33 heavy (non-hydrogen) atoms. The van der Waals surface area contributed by atoms with Crippen LogP contribution in [0.5, 0.6) is 5.75 Å². The lowest BCUT2D eigenvalue weighted by molar-refractivity contribution is -0.130. The molecule has 1 amide bonds. The molecule has 1 aromatic carbocycles. The van der Waals surface area contributed by atoms with Crippen LogP contribution in [-0.4, -0.2) is 51.9 Å². The second-order valence-electron chi connectivity index (χ2n) is 8.40. The van der Waals surface area contributed by atoms with Crippen molar-refractivity contribution >= 4 is 34.7 Å². The Bertz CT molecular complexity index is 1090. The monoisotopic (exact) mass is 485 g/mol. The first-order valence-corrected chi connectivity index (χ1v) is 12.3. The van der Waals surface area contributed by atoms with Crippen molar-refractivity contribution in [2.24, 2.45) is 0 Å². The minimum absolute atomic E-state index is 0.104. The number of carbonyl (C=O) groups excluding carboxylic acids is 1. The fourth-order valence-electron chi connectivity index (χ4n) is 3.62. The second kappa shape index (κ2) is 10.5. The summed E-state index contributed by atoms with van der Waals surface area (Å²) < 4.78 is 5.74. The van der Waals surface area contributed by atoms with Crippen LogP contribution >= 0.6 is 22.9 Å². The van der Waals surface area contributed by atoms with Crippen molar-refractivity contribution in [1.29, 1.82) is 0 Å². The maximum absolute atomic E-state index is 12.8. The summed E-state index contributed by atoms with van der Waals surface area (Å²) >= 11 is 7.41. The van der Waals surface area contributed by atoms with E-state index in [-0.39, 0.29) is 11.8 Å². The van der Waals surface area contributed by atoms with Gasteiger partial charge in [0.25, 0.3) is 0 Å². The second-order valence-corrected chi connectivity index (χ2v) is 9.78. The van der Waals surface area contributed by atoms with Crippen LogP contribution in [0.4, 0.5) is 5.82 Å². The number of aryl methyl sites for hydroxylation is 1. The number of hydrogen-bond donors (Lipinski definition) is 0. The summed E-state index contributed by atoms with van der Waals surface area (Å²) in [5.41, 5.74) is 1.76. The van der Waals surface area contributed by atoms with Gasteiger partial charge in [0.2, 0.25) is 5.91 Å². The van der Waals surface area contributed by atoms with E-state index in [1.54, 1.807) is 12.1 Å². The summed E-state index contributed by atoms with van der Waals surface area (Å²) in [5, 5.41) is 3.45. The minimum Gasteiger partial charge on any atom is -0.486 e. The van der Waals surface area contributed by atoms with Crippen LogP contribution in [0.1, 0.15) is 42.0 Å². The maximum Gasteiger partial charge on any atom is 0.228 e. The molecule has 4 rings (SSSR count). The van der Waals surface area contributed by atoms with Gasteiger partial charge in [0.1, 0.15) is 29.0 Å². The van der Waals surface area contributed by atoms with E-state index < -0.39 is 0 Å². The summed E-state index contributed by atoms with van der Waals surface area (Å²) in [6, 6.07) is 9.25. The Balaban J connectivity index is 1.28. The molecule has 0 spiro atoms. The largest absolute Gasteiger partial charge is 0.486 e. The highest BCUT2D eigenvalue weighted by molar-refractivity contribution is 7.09. The first-order chi connectivity index (χ1) is 15.9. The van der Waals surface area contributed by atoms with Crippen molar-refractivity contribution in [3.63, 3.8) is 0 Å². The van der Waals surface area contributed by atoms with Crippen molar-refractivity contribution < 1.29 is 9.53 Å². The highest BCUT2D eigenvalue weighted by Gasteiger charge is 2.23. The van der Waals surface area contributed by atoms with E-state index in [9.17, 15) is 4.79 Å². The zero-order chi connectivity index (χ0) is 23.4. The molecule has 0 saturated carbocycles. The van der Waals surface area contributed by atoms with E-state index >= 15 is 0 Å². The van der Waals surface area contributed by atoms with E-state index in [4.69, 9.17) is 21.3 Å². The van der Waals surface area contributed by atoms with E-state index in [1.807, 2.05) is 35.4 Å². The number of ether oxygens (including phenoxy) is 1. The van der Waals surface area contributed by atoms with E-state index in [0.29, 0.717) is 31.1 Å². The molecule has 9 heteroatoms. The number of benzene rings is 1. The van der Waals surface area contributed by atoms with Gasteiger partial charge in [0, 0.05) is 54.3 Å². The Labute approximate surface area is 203 Å². The number of carbonyl (C=O) groups is 1. The van der Waals surface area contributed by atoms with Crippen LogP contribution in [0.3, 0.4) is 0 Å². The Morgan fingerprint density at radius 3 is 2.55 bits per heavy atom. The summed E-state index contributed by atoms with van der Waals surface area (Å²) in [4.78, 5) is 30.8. The minimum atomic E-state index is 0.104. The highest BCUT2D eigenvalue weighted by atomic mass is 35.5. The zero-order valence-electron chi connectivity index (χ0n) is 19.1. The molecule has 174 valence electrons. The molecular formula is C24H28ClN5O2S. The fraction of sp³-hybridized carbons (Fsp3) is 0.417. The van der Waals surface area contributed by atoms with Crippen molar-refractivity contribution in [2.75, 3.05) is 31.1 Å². The first-order valence-electron chi connectivity index (χ1n) is 11.1. The Morgan fingerprint density at radius 2 is 1.85 bits per heavy atom. The molecule has 7 nitrogen and oxygen atoms in total. The van der Waals surface area contributed by atoms with Crippen LogP contribution in [0.2, 0.25) is 5.02 Å². The number of nitrogens with zero attached hydrogens (tertiary/aromatic N) is 5. The van der Waals surface area contributed by atoms with Gasteiger partial charge < -0.3 is 14.5 Å². The van der Waals surface area contributed by atoms with Crippen LogP contribution in [0.15, 0.2) is 35.7 Å². The number of thiazole rings is 1. The lowest BCUT2D eigenvalue weighted by Crippen LogP contribution is -2.49. The van der Waals surface area contributed by atoms with Crippen LogP contribution < -0.4 is 9.64 Å². The molecule has 3 aromatic rings. The van der Waals surface area contributed by atoms with Crippen LogP contribution in [0.25, 0.3) is 0 Å². The maximum atomic E-state index is 12.8. The Morgan fingerprint density at radius 1 is 1.12 bits per heavy atom. The van der Waals surface area contributed by atoms with Crippen molar-refractivity contribution in [3.8, 4) is 5.75 Å². The smallest absolute Gasteiger partial charge is 0.228 e. The molecule has 1 saturated heterocycles. The summed E-state index contributed by atoms with van der Waals surface area (Å²) in [5.74, 6) is 2.94. The molecule has 0 aliphatic carbocycles. The molecule has 1 aliphatic heterocycles. The van der Waals surface area contributed by atoms with Gasteiger partial charge in [-0.1, -0.05) is 25.4 Å². The molecule has 3 heterocycles. The predicted molar refractivity (Wildman–Crippen MR) is 131 cm³/mol. The quantitative estimate of drug-likeness (QED) is 0.491. The third-order valence-corrected chi connectivity index (χ3v) is 6.56. The summed E-state index contributed by atoms with van der Waals surface area (Å²) in [6.07, 6.45) is 0.307. The number of piperazine rings is 1. The third kappa shape index (κ3) is 6.21. The van der Waals surface area contributed by atoms with Gasteiger partial charge >= 0.3 is 0 Å². The molecule has 0 bridgehead atoms. The Kier molecular flexibility index (Phi) is 7.45. The summed E-state index contributed by atoms with van der Waals surface area (Å²) in [7, 11) is 0. The normalized spacial score (nSPS) is 14.1. The number of rotatable bonds is 7. The van der Waals surface area contributed by atoms with Crippen molar-refractivity contribution in [2.45, 2.75) is 39.7 Å². The first kappa shape index (κ1) is 23.4. The predicted octanol–water partition coefficient (Wildman–Crippen LogP) is 4.49. The lowest BCUT2D eigenvalue weighted by Gasteiger charge is -2.35. The SMILES string of the molecule is Cc1cc(N2CCN(C(=O)Cc3csc(COc4ccc(Cl)cc4)n3)CC2)nc(C(C)C)n1. The number of hydrogen-bond acceptors (Lipinski definition) is 7. The topological polar surface area (TPSA) is 71.5 Å². The van der Waals surface area contributed by atoms with Gasteiger partial charge in [-0.15, -0.1) is 11.3 Å². The molecule has 1 fully saturated rings. The van der Waals surface area contributed by atoms with E-state index in [0.717, 1.165) is 46.9 Å². The van der Waals surface area contributed by atoms with Gasteiger partial charge in [0.05, 0.1) is 12.1 Å². The molecule has 0 atom stereocenters. The lowest BCUT2D eigenvalue weighted by atomic mass is 10.2. The van der Waals surface area contributed by atoms with E-state index in [1.165, 1.54) is 11.3 Å². The van der Waals surface area contributed by atoms with Gasteiger partial charge in [0.15, 0.2) is 0 Å². The molecule has 0 N–H and O–H groups in total. The molecule has 1 aliphatic rings. The molecular weight excluding hydrogens is 458 g/mol. The number of amides is 1. The van der Waals surface area contributed by atoms with Gasteiger partial charge in [-0.05, 0) is 31.2 Å². The molecule has 0 unspecified atom stereocenters. The third-order valence-electron chi connectivity index (χ3n) is 5.44. The fourth-order valence-corrected chi connectivity index (χ4v) is 4.45. The standard InChI is InChI=1S/C24H28ClN5O2S/c1-16(2)24-26-17(3)12-21(28-24)29-8-10-30(11-9-29)23(31)13-19-15-33-22(27-19)14-32-20-6-4-18(25)5-7-20/h4-7,12,15-16H,8-11,13-14H2,1-3H3. The van der Waals surface area contributed by atoms with Crippen LogP contribution in [0, 0.1) is 6.92 Å². The van der Waals surface area contributed by atoms with Crippen molar-refractivity contribution in [3.05, 3.63) is 63.0 Å². The van der Waals surface area contributed by atoms with Crippen molar-refractivity contribution in [1.82, 2.24) is 19.9 Å². The average Bonchev–Trinajstić information content (AvgIpc) is 3.25. The van der Waals surface area contributed by atoms with Gasteiger partial charge in [-0.3, -0.25) is 4.79 Å². The van der Waals surface area contributed by atoms with Gasteiger partial charge in [-0.25, -0.2) is 15.0 Å². The average molecular weight is 486 g/mol. The number of aromatic nitrogens is 3. The molecule has 2 aromatic heterocycles. The Hall–Kier alpha value is -2.71. The van der Waals surface area contributed by atoms with E-state index in [2.05, 4.69) is 28.7 Å². The zero-order valence-corrected chi connectivity index (χ0v) is 20.7. The van der Waals surface area contributed by atoms with Crippen LogP contribution in [-0.2, 0) is 17.8 Å². The van der Waals surface area contributed by atoms with Gasteiger partial charge in [-0.2, -0.15) is 0 Å². The number of anilines is 1. The highest BCUT2D eigenvalue weighted by Crippen LogP contribution is 2.20. The molecule has 0 radical (unpaired) electrons. The summed E-state index contributed by atoms with van der Waals surface area (Å²) in [6.45, 7) is 9.44.